The van der Waals surface area contributed by atoms with Crippen molar-refractivity contribution in [3.05, 3.63) is 55.1 Å². The van der Waals surface area contributed by atoms with E-state index < -0.39 is 0 Å². The first kappa shape index (κ1) is 18.5. The third kappa shape index (κ3) is 3.35. The molecule has 0 saturated carbocycles. The molecule has 30 heavy (non-hydrogen) atoms. The van der Waals surface area contributed by atoms with Crippen LogP contribution in [0.5, 0.6) is 0 Å². The Labute approximate surface area is 177 Å². The second-order valence-corrected chi connectivity index (χ2v) is 8.09. The molecule has 9 nitrogen and oxygen atoms in total. The Hall–Kier alpha value is -3.53. The fourth-order valence-corrected chi connectivity index (χ4v) is 4.16. The number of nitrogens with one attached hydrogen (secondary N) is 1. The smallest absolute Gasteiger partial charge is 0.224 e. The lowest BCUT2D eigenvalue weighted by molar-refractivity contribution is -0.122. The SMILES string of the molecule is Cn1ncc2cccc(NSc3cnn(-c4cc(N5CC(C(N)=O)C5)ccn4)c3)c21. The monoisotopic (exact) mass is 420 g/mol. The van der Waals surface area contributed by atoms with Crippen LogP contribution in [0, 0.1) is 5.92 Å². The molecule has 0 aliphatic carbocycles. The number of benzene rings is 1. The Kier molecular flexibility index (Phi) is 4.55. The molecule has 1 saturated heterocycles. The third-order valence-corrected chi connectivity index (χ3v) is 5.98. The minimum absolute atomic E-state index is 0.0794. The number of aryl methyl sites for hydroxylation is 1. The van der Waals surface area contributed by atoms with Gasteiger partial charge in [-0.05, 0) is 24.1 Å². The van der Waals surface area contributed by atoms with E-state index in [9.17, 15) is 4.79 Å². The van der Waals surface area contributed by atoms with Crippen molar-refractivity contribution in [1.29, 1.82) is 0 Å². The number of para-hydroxylation sites is 1. The Balaban J connectivity index is 1.29. The molecular formula is C20H20N8OS. The van der Waals surface area contributed by atoms with E-state index >= 15 is 0 Å². The number of anilines is 2. The van der Waals surface area contributed by atoms with Gasteiger partial charge in [-0.2, -0.15) is 10.2 Å². The van der Waals surface area contributed by atoms with Gasteiger partial charge in [-0.3, -0.25) is 9.48 Å². The summed E-state index contributed by atoms with van der Waals surface area (Å²) in [6, 6.07) is 9.96. The van der Waals surface area contributed by atoms with Gasteiger partial charge in [0.25, 0.3) is 0 Å². The van der Waals surface area contributed by atoms with Crippen LogP contribution in [0.15, 0.2) is 60.0 Å². The zero-order chi connectivity index (χ0) is 20.7. The lowest BCUT2D eigenvalue weighted by atomic mass is 9.99. The van der Waals surface area contributed by atoms with Gasteiger partial charge in [0.1, 0.15) is 0 Å². The quantitative estimate of drug-likeness (QED) is 0.461. The predicted molar refractivity (Wildman–Crippen MR) is 116 cm³/mol. The van der Waals surface area contributed by atoms with E-state index in [-0.39, 0.29) is 11.8 Å². The summed E-state index contributed by atoms with van der Waals surface area (Å²) in [5, 5.41) is 9.84. The van der Waals surface area contributed by atoms with E-state index in [1.165, 1.54) is 11.9 Å². The van der Waals surface area contributed by atoms with Gasteiger partial charge in [-0.25, -0.2) is 9.67 Å². The van der Waals surface area contributed by atoms with Crippen LogP contribution in [-0.4, -0.2) is 43.5 Å². The molecule has 0 unspecified atom stereocenters. The molecule has 152 valence electrons. The molecule has 5 rings (SSSR count). The number of hydrogen-bond donors (Lipinski definition) is 2. The number of hydrogen-bond acceptors (Lipinski definition) is 7. The standard InChI is InChI=1S/C20H20N8OS/c1-26-19-13(8-23-26)3-2-4-17(19)25-30-16-9-24-28(12-16)18-7-15(5-6-22-18)27-10-14(11-27)20(21)29/h2-9,12,14,25H,10-11H2,1H3,(H2,21,29). The molecule has 10 heteroatoms. The van der Waals surface area contributed by atoms with E-state index in [1.54, 1.807) is 17.1 Å². The van der Waals surface area contributed by atoms with Crippen molar-refractivity contribution < 1.29 is 4.79 Å². The maximum atomic E-state index is 11.2. The van der Waals surface area contributed by atoms with Crippen LogP contribution in [0.2, 0.25) is 0 Å². The van der Waals surface area contributed by atoms with Gasteiger partial charge in [0.2, 0.25) is 5.91 Å². The molecule has 0 radical (unpaired) electrons. The summed E-state index contributed by atoms with van der Waals surface area (Å²) in [5.41, 5.74) is 8.41. The maximum Gasteiger partial charge on any atom is 0.224 e. The van der Waals surface area contributed by atoms with E-state index in [0.717, 1.165) is 33.0 Å². The second kappa shape index (κ2) is 7.38. The van der Waals surface area contributed by atoms with Crippen molar-refractivity contribution in [1.82, 2.24) is 24.5 Å². The van der Waals surface area contributed by atoms with Crippen LogP contribution in [0.3, 0.4) is 0 Å². The van der Waals surface area contributed by atoms with Crippen LogP contribution >= 0.6 is 11.9 Å². The number of aromatic nitrogens is 5. The van der Waals surface area contributed by atoms with Gasteiger partial charge in [0.05, 0.1) is 34.4 Å². The van der Waals surface area contributed by atoms with Crippen LogP contribution < -0.4 is 15.4 Å². The van der Waals surface area contributed by atoms with E-state index in [0.29, 0.717) is 13.1 Å². The maximum absolute atomic E-state index is 11.2. The molecule has 0 atom stereocenters. The van der Waals surface area contributed by atoms with Crippen LogP contribution in [0.25, 0.3) is 16.7 Å². The first-order valence-corrected chi connectivity index (χ1v) is 10.3. The predicted octanol–water partition coefficient (Wildman–Crippen LogP) is 2.19. The summed E-state index contributed by atoms with van der Waals surface area (Å²) < 4.78 is 6.99. The van der Waals surface area contributed by atoms with Crippen LogP contribution in [0.1, 0.15) is 0 Å². The molecule has 1 aliphatic rings. The average molecular weight is 421 g/mol. The number of pyridine rings is 1. The van der Waals surface area contributed by atoms with E-state index in [2.05, 4.69) is 24.8 Å². The topological polar surface area (TPSA) is 107 Å². The molecule has 4 heterocycles. The van der Waals surface area contributed by atoms with Crippen molar-refractivity contribution in [2.75, 3.05) is 22.7 Å². The van der Waals surface area contributed by atoms with Gasteiger partial charge in [-0.15, -0.1) is 0 Å². The molecule has 0 spiro atoms. The number of carbonyl (C=O) groups excluding carboxylic acids is 1. The number of rotatable bonds is 6. The Morgan fingerprint density at radius 2 is 2.10 bits per heavy atom. The van der Waals surface area contributed by atoms with Crippen molar-refractivity contribution >= 4 is 40.1 Å². The number of fused-ring (bicyclic) bond motifs is 1. The molecule has 1 amide bonds. The second-order valence-electron chi connectivity index (χ2n) is 7.21. The van der Waals surface area contributed by atoms with Crippen molar-refractivity contribution in [3.63, 3.8) is 0 Å². The Morgan fingerprint density at radius 1 is 1.23 bits per heavy atom. The van der Waals surface area contributed by atoms with Gasteiger partial charge >= 0.3 is 0 Å². The first-order chi connectivity index (χ1) is 14.6. The highest BCUT2D eigenvalue weighted by atomic mass is 32.2. The zero-order valence-corrected chi connectivity index (χ0v) is 17.1. The largest absolute Gasteiger partial charge is 0.370 e. The number of amides is 1. The van der Waals surface area contributed by atoms with Crippen molar-refractivity contribution in [3.8, 4) is 5.82 Å². The van der Waals surface area contributed by atoms with E-state index in [4.69, 9.17) is 5.73 Å². The normalized spacial score (nSPS) is 14.1. The summed E-state index contributed by atoms with van der Waals surface area (Å²) in [4.78, 5) is 18.7. The third-order valence-electron chi connectivity index (χ3n) is 5.21. The lowest BCUT2D eigenvalue weighted by Gasteiger charge is -2.39. The lowest BCUT2D eigenvalue weighted by Crippen LogP contribution is -2.52. The summed E-state index contributed by atoms with van der Waals surface area (Å²) in [5.74, 6) is 0.392. The Morgan fingerprint density at radius 3 is 2.93 bits per heavy atom. The van der Waals surface area contributed by atoms with Crippen molar-refractivity contribution in [2.24, 2.45) is 18.7 Å². The molecule has 1 aromatic carbocycles. The highest BCUT2D eigenvalue weighted by Crippen LogP contribution is 2.29. The van der Waals surface area contributed by atoms with Crippen LogP contribution in [0.4, 0.5) is 11.4 Å². The summed E-state index contributed by atoms with van der Waals surface area (Å²) in [6.07, 6.45) is 7.32. The van der Waals surface area contributed by atoms with Gasteiger partial charge in [-0.1, -0.05) is 12.1 Å². The highest BCUT2D eigenvalue weighted by Gasteiger charge is 2.31. The molecule has 0 bridgehead atoms. The minimum atomic E-state index is -0.247. The van der Waals surface area contributed by atoms with Gasteiger partial charge < -0.3 is 15.4 Å². The fourth-order valence-electron chi connectivity index (χ4n) is 3.51. The highest BCUT2D eigenvalue weighted by molar-refractivity contribution is 8.00. The molecule has 3 N–H and O–H groups in total. The summed E-state index contributed by atoms with van der Waals surface area (Å²) >= 11 is 1.48. The molecule has 4 aromatic rings. The van der Waals surface area contributed by atoms with Gasteiger partial charge in [0, 0.05) is 49.7 Å². The van der Waals surface area contributed by atoms with E-state index in [1.807, 2.05) is 54.5 Å². The number of primary amides is 1. The van der Waals surface area contributed by atoms with Crippen LogP contribution in [-0.2, 0) is 11.8 Å². The molecule has 1 fully saturated rings. The fraction of sp³-hybridized carbons (Fsp3) is 0.200. The first-order valence-electron chi connectivity index (χ1n) is 9.47. The summed E-state index contributed by atoms with van der Waals surface area (Å²) in [7, 11) is 1.93. The Bertz CT molecular complexity index is 1230. The molecule has 3 aromatic heterocycles. The average Bonchev–Trinajstić information content (AvgIpc) is 3.33. The summed E-state index contributed by atoms with van der Waals surface area (Å²) in [6.45, 7) is 1.28. The zero-order valence-electron chi connectivity index (χ0n) is 16.3. The van der Waals surface area contributed by atoms with Gasteiger partial charge in [0.15, 0.2) is 5.82 Å². The molecule has 1 aliphatic heterocycles. The molecular weight excluding hydrogens is 400 g/mol. The number of nitrogens with two attached hydrogens (primary N) is 1. The number of nitrogens with zero attached hydrogens (tertiary/aromatic N) is 6. The minimum Gasteiger partial charge on any atom is -0.370 e. The van der Waals surface area contributed by atoms with Crippen molar-refractivity contribution in [2.45, 2.75) is 4.90 Å². The number of carbonyl (C=O) groups is 1.